The molecule has 1 aromatic carbocycles. The molecular weight excluding hydrogens is 204 g/mol. The first-order valence-electron chi connectivity index (χ1n) is 5.59. The molecule has 0 amide bonds. The fourth-order valence-electron chi connectivity index (χ4n) is 2.16. The molecule has 1 heterocycles. The largest absolute Gasteiger partial charge is 0.507 e. The first-order chi connectivity index (χ1) is 7.44. The molecule has 0 aliphatic carbocycles. The molecule has 0 spiro atoms. The molecular formula is C13H18O3. The Hall–Kier alpha value is -1.22. The number of aliphatic hydroxyl groups is 1. The van der Waals surface area contributed by atoms with Crippen LogP contribution in [-0.4, -0.2) is 15.8 Å². The van der Waals surface area contributed by atoms with Gasteiger partial charge in [-0.15, -0.1) is 0 Å². The van der Waals surface area contributed by atoms with Gasteiger partial charge >= 0.3 is 0 Å². The Bertz CT molecular complexity index is 422. The third-order valence-electron chi connectivity index (χ3n) is 3.21. The molecule has 0 atom stereocenters. The highest BCUT2D eigenvalue weighted by Crippen LogP contribution is 2.41. The molecule has 3 heteroatoms. The molecule has 16 heavy (non-hydrogen) atoms. The van der Waals surface area contributed by atoms with Crippen molar-refractivity contribution < 1.29 is 14.9 Å². The number of rotatable bonds is 1. The highest BCUT2D eigenvalue weighted by molar-refractivity contribution is 5.54. The summed E-state index contributed by atoms with van der Waals surface area (Å²) in [4.78, 5) is 0. The predicted octanol–water partition coefficient (Wildman–Crippen LogP) is 2.30. The van der Waals surface area contributed by atoms with Crippen molar-refractivity contribution >= 4 is 0 Å². The summed E-state index contributed by atoms with van der Waals surface area (Å²) in [5.41, 5.74) is 2.14. The minimum absolute atomic E-state index is 0.131. The third kappa shape index (κ3) is 1.76. The fraction of sp³-hybridized carbons (Fsp3) is 0.538. The van der Waals surface area contributed by atoms with Crippen LogP contribution in [-0.2, 0) is 13.0 Å². The van der Waals surface area contributed by atoms with Gasteiger partial charge in [-0.1, -0.05) is 0 Å². The third-order valence-corrected chi connectivity index (χ3v) is 3.21. The molecule has 0 saturated carbocycles. The molecule has 2 rings (SSSR count). The molecule has 0 aromatic heterocycles. The van der Waals surface area contributed by atoms with E-state index in [1.807, 2.05) is 26.8 Å². The summed E-state index contributed by atoms with van der Waals surface area (Å²) < 4.78 is 5.84. The molecule has 1 aromatic rings. The van der Waals surface area contributed by atoms with Gasteiger partial charge in [0, 0.05) is 11.1 Å². The number of hydrogen-bond donors (Lipinski definition) is 2. The Morgan fingerprint density at radius 1 is 1.44 bits per heavy atom. The number of phenols is 1. The molecule has 0 bridgehead atoms. The highest BCUT2D eigenvalue weighted by atomic mass is 16.5. The Morgan fingerprint density at radius 2 is 2.12 bits per heavy atom. The first kappa shape index (κ1) is 11.3. The number of hydrogen-bond acceptors (Lipinski definition) is 3. The number of benzene rings is 1. The molecule has 2 N–H and O–H groups in total. The molecule has 0 saturated heterocycles. The zero-order valence-corrected chi connectivity index (χ0v) is 10.0. The Balaban J connectivity index is 2.53. The lowest BCUT2D eigenvalue weighted by Crippen LogP contribution is -2.32. The van der Waals surface area contributed by atoms with Gasteiger partial charge in [0.15, 0.2) is 0 Å². The van der Waals surface area contributed by atoms with Crippen molar-refractivity contribution in [1.82, 2.24) is 0 Å². The zero-order valence-electron chi connectivity index (χ0n) is 10.0. The summed E-state index contributed by atoms with van der Waals surface area (Å²) in [5, 5.41) is 19.2. The van der Waals surface area contributed by atoms with Crippen LogP contribution in [0, 0.1) is 6.92 Å². The minimum atomic E-state index is -0.174. The summed E-state index contributed by atoms with van der Waals surface area (Å²) in [6.07, 6.45) is 1.67. The summed E-state index contributed by atoms with van der Waals surface area (Å²) in [7, 11) is 0. The van der Waals surface area contributed by atoms with Crippen molar-refractivity contribution in [1.29, 1.82) is 0 Å². The standard InChI is InChI=1S/C13H18O3/c1-8-6-11-9(12(15)10(8)7-14)4-5-13(2,3)16-11/h6,14-15H,4-5,7H2,1-3H3. The average Bonchev–Trinajstić information content (AvgIpc) is 2.16. The smallest absolute Gasteiger partial charge is 0.128 e. The van der Waals surface area contributed by atoms with Crippen molar-refractivity contribution in [3.8, 4) is 11.5 Å². The molecule has 0 fully saturated rings. The lowest BCUT2D eigenvalue weighted by molar-refractivity contribution is 0.0834. The van der Waals surface area contributed by atoms with Crippen LogP contribution < -0.4 is 4.74 Å². The van der Waals surface area contributed by atoms with E-state index in [2.05, 4.69) is 0 Å². The predicted molar refractivity (Wildman–Crippen MR) is 61.8 cm³/mol. The van der Waals surface area contributed by atoms with Crippen LogP contribution in [0.5, 0.6) is 11.5 Å². The topological polar surface area (TPSA) is 49.7 Å². The number of aromatic hydroxyl groups is 1. The molecule has 0 radical (unpaired) electrons. The van der Waals surface area contributed by atoms with Crippen LogP contribution in [0.3, 0.4) is 0 Å². The summed E-state index contributed by atoms with van der Waals surface area (Å²) >= 11 is 0. The van der Waals surface area contributed by atoms with Gasteiger partial charge in [0.05, 0.1) is 6.61 Å². The highest BCUT2D eigenvalue weighted by Gasteiger charge is 2.29. The van der Waals surface area contributed by atoms with Crippen molar-refractivity contribution in [2.24, 2.45) is 0 Å². The Morgan fingerprint density at radius 3 is 2.75 bits per heavy atom. The zero-order chi connectivity index (χ0) is 11.9. The van der Waals surface area contributed by atoms with Crippen molar-refractivity contribution in [2.75, 3.05) is 0 Å². The maximum Gasteiger partial charge on any atom is 0.128 e. The lowest BCUT2D eigenvalue weighted by atomic mass is 9.91. The van der Waals surface area contributed by atoms with Crippen molar-refractivity contribution in [3.63, 3.8) is 0 Å². The van der Waals surface area contributed by atoms with E-state index in [-0.39, 0.29) is 18.0 Å². The lowest BCUT2D eigenvalue weighted by Gasteiger charge is -2.33. The van der Waals surface area contributed by atoms with Gasteiger partial charge in [0.2, 0.25) is 0 Å². The van der Waals surface area contributed by atoms with Gasteiger partial charge in [0.1, 0.15) is 17.1 Å². The Labute approximate surface area is 95.7 Å². The monoisotopic (exact) mass is 222 g/mol. The summed E-state index contributed by atoms with van der Waals surface area (Å²) in [6, 6.07) is 1.90. The number of ether oxygens (including phenoxy) is 1. The van der Waals surface area contributed by atoms with Crippen LogP contribution in [0.25, 0.3) is 0 Å². The summed E-state index contributed by atoms with van der Waals surface area (Å²) in [6.45, 7) is 5.83. The van der Waals surface area contributed by atoms with Gasteiger partial charge in [0.25, 0.3) is 0 Å². The van der Waals surface area contributed by atoms with Crippen LogP contribution in [0.2, 0.25) is 0 Å². The Kier molecular flexibility index (Phi) is 2.58. The summed E-state index contributed by atoms with van der Waals surface area (Å²) in [5.74, 6) is 0.955. The van der Waals surface area contributed by atoms with Crippen LogP contribution >= 0.6 is 0 Å². The first-order valence-corrected chi connectivity index (χ1v) is 5.59. The molecule has 0 unspecified atom stereocenters. The van der Waals surface area contributed by atoms with Gasteiger partial charge in [-0.2, -0.15) is 0 Å². The van der Waals surface area contributed by atoms with Crippen molar-refractivity contribution in [2.45, 2.75) is 45.8 Å². The average molecular weight is 222 g/mol. The second-order valence-corrected chi connectivity index (χ2v) is 5.02. The van der Waals surface area contributed by atoms with E-state index in [1.54, 1.807) is 0 Å². The van der Waals surface area contributed by atoms with Crippen LogP contribution in [0.4, 0.5) is 0 Å². The van der Waals surface area contributed by atoms with Crippen LogP contribution in [0.1, 0.15) is 37.0 Å². The SMILES string of the molecule is Cc1cc2c(c(O)c1CO)CCC(C)(C)O2. The van der Waals surface area contributed by atoms with E-state index in [0.29, 0.717) is 5.56 Å². The molecule has 1 aliphatic heterocycles. The minimum Gasteiger partial charge on any atom is -0.507 e. The molecule has 1 aliphatic rings. The fourth-order valence-corrected chi connectivity index (χ4v) is 2.16. The van der Waals surface area contributed by atoms with Crippen LogP contribution in [0.15, 0.2) is 6.07 Å². The van der Waals surface area contributed by atoms with Gasteiger partial charge in [-0.05, 0) is 45.2 Å². The van der Waals surface area contributed by atoms with E-state index in [9.17, 15) is 10.2 Å². The van der Waals surface area contributed by atoms with Gasteiger partial charge in [-0.25, -0.2) is 0 Å². The normalized spacial score (nSPS) is 17.8. The second kappa shape index (κ2) is 3.67. The van der Waals surface area contributed by atoms with E-state index < -0.39 is 0 Å². The van der Waals surface area contributed by atoms with E-state index in [4.69, 9.17) is 4.74 Å². The maximum atomic E-state index is 10.0. The number of aryl methyl sites for hydroxylation is 1. The van der Waals surface area contributed by atoms with Crippen molar-refractivity contribution in [3.05, 3.63) is 22.8 Å². The van der Waals surface area contributed by atoms with Gasteiger partial charge < -0.3 is 14.9 Å². The maximum absolute atomic E-state index is 10.0. The number of aliphatic hydroxyl groups excluding tert-OH is 1. The van der Waals surface area contributed by atoms with E-state index >= 15 is 0 Å². The quantitative estimate of drug-likeness (QED) is 0.766. The van der Waals surface area contributed by atoms with Gasteiger partial charge in [-0.3, -0.25) is 0 Å². The number of fused-ring (bicyclic) bond motifs is 1. The second-order valence-electron chi connectivity index (χ2n) is 5.02. The van der Waals surface area contributed by atoms with E-state index in [1.165, 1.54) is 0 Å². The molecule has 88 valence electrons. The van der Waals surface area contributed by atoms with E-state index in [0.717, 1.165) is 29.7 Å². The molecule has 3 nitrogen and oxygen atoms in total.